The SMILES string of the molecule is CCC(N)=NCc1cc(Br)cs1. The molecule has 1 heterocycles. The molecule has 0 saturated heterocycles. The number of nitrogens with two attached hydrogens (primary N) is 1. The molecule has 1 aromatic heterocycles. The minimum absolute atomic E-state index is 0.704. The summed E-state index contributed by atoms with van der Waals surface area (Å²) < 4.78 is 1.12. The van der Waals surface area contributed by atoms with Gasteiger partial charge in [-0.3, -0.25) is 4.99 Å². The fraction of sp³-hybridized carbons (Fsp3) is 0.375. The van der Waals surface area contributed by atoms with Crippen molar-refractivity contribution < 1.29 is 0 Å². The van der Waals surface area contributed by atoms with Gasteiger partial charge in [-0.2, -0.15) is 0 Å². The van der Waals surface area contributed by atoms with Crippen LogP contribution in [0.15, 0.2) is 20.9 Å². The van der Waals surface area contributed by atoms with E-state index in [0.717, 1.165) is 16.7 Å². The van der Waals surface area contributed by atoms with Gasteiger partial charge in [-0.05, 0) is 22.0 Å². The van der Waals surface area contributed by atoms with Gasteiger partial charge in [0.2, 0.25) is 0 Å². The Morgan fingerprint density at radius 1 is 1.75 bits per heavy atom. The number of nitrogens with zero attached hydrogens (tertiary/aromatic N) is 1. The first-order valence-electron chi connectivity index (χ1n) is 3.74. The number of halogens is 1. The molecule has 0 bridgehead atoms. The molecule has 0 amide bonds. The molecule has 2 nitrogen and oxygen atoms in total. The zero-order chi connectivity index (χ0) is 8.97. The lowest BCUT2D eigenvalue weighted by Crippen LogP contribution is -2.09. The van der Waals surface area contributed by atoms with Crippen molar-refractivity contribution in [2.75, 3.05) is 0 Å². The molecular weight excluding hydrogens is 236 g/mol. The molecule has 0 aliphatic rings. The molecule has 0 aliphatic carbocycles. The summed E-state index contributed by atoms with van der Waals surface area (Å²) in [6.07, 6.45) is 0.826. The van der Waals surface area contributed by atoms with Crippen molar-refractivity contribution in [3.05, 3.63) is 20.8 Å². The van der Waals surface area contributed by atoms with Crippen LogP contribution in [0.2, 0.25) is 0 Å². The third-order valence-corrected chi connectivity index (χ3v) is 3.10. The van der Waals surface area contributed by atoms with Crippen molar-refractivity contribution in [3.63, 3.8) is 0 Å². The van der Waals surface area contributed by atoms with Gasteiger partial charge >= 0.3 is 0 Å². The van der Waals surface area contributed by atoms with Crippen LogP contribution in [-0.4, -0.2) is 5.84 Å². The van der Waals surface area contributed by atoms with Gasteiger partial charge in [-0.15, -0.1) is 11.3 Å². The highest BCUT2D eigenvalue weighted by Crippen LogP contribution is 2.20. The second-order valence-corrected chi connectivity index (χ2v) is 4.30. The van der Waals surface area contributed by atoms with Crippen molar-refractivity contribution in [1.29, 1.82) is 0 Å². The third-order valence-electron chi connectivity index (χ3n) is 1.42. The molecule has 0 spiro atoms. The van der Waals surface area contributed by atoms with Gasteiger partial charge in [0, 0.05) is 21.2 Å². The second-order valence-electron chi connectivity index (χ2n) is 2.39. The summed E-state index contributed by atoms with van der Waals surface area (Å²) in [7, 11) is 0. The molecule has 0 atom stereocenters. The minimum Gasteiger partial charge on any atom is -0.387 e. The van der Waals surface area contributed by atoms with E-state index in [1.54, 1.807) is 11.3 Å². The van der Waals surface area contributed by atoms with Crippen LogP contribution in [0.1, 0.15) is 18.2 Å². The Morgan fingerprint density at radius 3 is 3.00 bits per heavy atom. The Bertz CT molecular complexity index is 280. The van der Waals surface area contributed by atoms with Crippen molar-refractivity contribution >= 4 is 33.1 Å². The molecule has 2 N–H and O–H groups in total. The summed E-state index contributed by atoms with van der Waals surface area (Å²) in [4.78, 5) is 5.44. The zero-order valence-corrected chi connectivity index (χ0v) is 9.28. The molecule has 4 heteroatoms. The summed E-state index contributed by atoms with van der Waals surface area (Å²) in [5, 5.41) is 2.05. The molecular formula is C8H11BrN2S. The molecule has 0 fully saturated rings. The van der Waals surface area contributed by atoms with Crippen molar-refractivity contribution in [1.82, 2.24) is 0 Å². The first-order chi connectivity index (χ1) is 5.72. The minimum atomic E-state index is 0.704. The molecule has 0 unspecified atom stereocenters. The number of aliphatic imine (C=N–C) groups is 1. The van der Waals surface area contributed by atoms with Gasteiger partial charge in [0.05, 0.1) is 12.4 Å². The molecule has 0 aliphatic heterocycles. The average molecular weight is 247 g/mol. The van der Waals surface area contributed by atoms with Crippen LogP contribution in [0, 0.1) is 0 Å². The van der Waals surface area contributed by atoms with Crippen LogP contribution in [0.3, 0.4) is 0 Å². The fourth-order valence-electron chi connectivity index (χ4n) is 0.728. The first-order valence-corrected chi connectivity index (χ1v) is 5.41. The monoisotopic (exact) mass is 246 g/mol. The van der Waals surface area contributed by atoms with E-state index < -0.39 is 0 Å². The molecule has 0 radical (unpaired) electrons. The maximum absolute atomic E-state index is 5.57. The van der Waals surface area contributed by atoms with E-state index in [1.807, 2.05) is 12.3 Å². The zero-order valence-electron chi connectivity index (χ0n) is 6.88. The normalized spacial score (nSPS) is 12.0. The lowest BCUT2D eigenvalue weighted by Gasteiger charge is -1.93. The Labute approximate surface area is 84.6 Å². The molecule has 66 valence electrons. The Hall–Kier alpha value is -0.350. The number of amidine groups is 1. The summed E-state index contributed by atoms with van der Waals surface area (Å²) >= 11 is 5.08. The van der Waals surface area contributed by atoms with Crippen molar-refractivity contribution in [2.24, 2.45) is 10.7 Å². The third kappa shape index (κ3) is 2.95. The quantitative estimate of drug-likeness (QED) is 0.647. The highest BCUT2D eigenvalue weighted by Gasteiger charge is 1.95. The maximum Gasteiger partial charge on any atom is 0.0938 e. The van der Waals surface area contributed by atoms with Gasteiger partial charge in [0.1, 0.15) is 0 Å². The fourth-order valence-corrected chi connectivity index (χ4v) is 2.10. The van der Waals surface area contributed by atoms with Crippen LogP contribution < -0.4 is 5.73 Å². The number of thiophene rings is 1. The summed E-state index contributed by atoms with van der Waals surface area (Å²) in [5.74, 6) is 0.722. The van der Waals surface area contributed by atoms with E-state index in [-0.39, 0.29) is 0 Å². The summed E-state index contributed by atoms with van der Waals surface area (Å²) in [6.45, 7) is 2.71. The number of hydrogen-bond donors (Lipinski definition) is 1. The van der Waals surface area contributed by atoms with Crippen LogP contribution >= 0.6 is 27.3 Å². The van der Waals surface area contributed by atoms with Gasteiger partial charge in [0.15, 0.2) is 0 Å². The second kappa shape index (κ2) is 4.62. The number of rotatable bonds is 3. The predicted octanol–water partition coefficient (Wildman–Crippen LogP) is 2.78. The molecule has 0 aromatic carbocycles. The molecule has 1 aromatic rings. The van der Waals surface area contributed by atoms with Crippen molar-refractivity contribution in [3.8, 4) is 0 Å². The highest BCUT2D eigenvalue weighted by atomic mass is 79.9. The van der Waals surface area contributed by atoms with E-state index >= 15 is 0 Å². The van der Waals surface area contributed by atoms with Gasteiger partial charge in [0.25, 0.3) is 0 Å². The maximum atomic E-state index is 5.57. The van der Waals surface area contributed by atoms with Crippen LogP contribution in [0.4, 0.5) is 0 Å². The predicted molar refractivity (Wildman–Crippen MR) is 57.6 cm³/mol. The van der Waals surface area contributed by atoms with E-state index in [0.29, 0.717) is 6.54 Å². The summed E-state index contributed by atoms with van der Waals surface area (Å²) in [5.41, 5.74) is 5.57. The topological polar surface area (TPSA) is 38.4 Å². The number of hydrogen-bond acceptors (Lipinski definition) is 2. The standard InChI is InChI=1S/C8H11BrN2S/c1-2-8(10)11-4-7-3-6(9)5-12-7/h3,5H,2,4H2,1H3,(H2,10,11). The van der Waals surface area contributed by atoms with Crippen LogP contribution in [0.5, 0.6) is 0 Å². The Morgan fingerprint density at radius 2 is 2.50 bits per heavy atom. The summed E-state index contributed by atoms with van der Waals surface area (Å²) in [6, 6.07) is 2.07. The lowest BCUT2D eigenvalue weighted by molar-refractivity contribution is 1.06. The van der Waals surface area contributed by atoms with E-state index in [1.165, 1.54) is 4.88 Å². The lowest BCUT2D eigenvalue weighted by atomic mass is 10.4. The molecule has 12 heavy (non-hydrogen) atoms. The van der Waals surface area contributed by atoms with Crippen LogP contribution in [0.25, 0.3) is 0 Å². The van der Waals surface area contributed by atoms with E-state index in [2.05, 4.69) is 27.0 Å². The van der Waals surface area contributed by atoms with Gasteiger partial charge in [-0.25, -0.2) is 0 Å². The smallest absolute Gasteiger partial charge is 0.0938 e. The van der Waals surface area contributed by atoms with E-state index in [4.69, 9.17) is 5.73 Å². The van der Waals surface area contributed by atoms with Gasteiger partial charge < -0.3 is 5.73 Å². The Balaban J connectivity index is 2.53. The van der Waals surface area contributed by atoms with Gasteiger partial charge in [-0.1, -0.05) is 6.92 Å². The van der Waals surface area contributed by atoms with Crippen LogP contribution in [-0.2, 0) is 6.54 Å². The van der Waals surface area contributed by atoms with Crippen molar-refractivity contribution in [2.45, 2.75) is 19.9 Å². The van der Waals surface area contributed by atoms with E-state index in [9.17, 15) is 0 Å². The molecule has 1 rings (SSSR count). The molecule has 0 saturated carbocycles. The first kappa shape index (κ1) is 9.74. The highest BCUT2D eigenvalue weighted by molar-refractivity contribution is 9.10. The largest absolute Gasteiger partial charge is 0.387 e. The average Bonchev–Trinajstić information content (AvgIpc) is 2.47. The Kier molecular flexibility index (Phi) is 3.75.